The minimum atomic E-state index is -2.89. The van der Waals surface area contributed by atoms with E-state index in [-0.39, 0.29) is 18.6 Å². The van der Waals surface area contributed by atoms with Crippen molar-refractivity contribution >= 4 is 22.4 Å². The molecule has 0 saturated carbocycles. The number of nitrogens with one attached hydrogen (secondary N) is 1. The largest absolute Gasteiger partial charge is 0.468 e. The summed E-state index contributed by atoms with van der Waals surface area (Å²) in [6.07, 6.45) is 3.71. The molecule has 8 nitrogen and oxygen atoms in total. The summed E-state index contributed by atoms with van der Waals surface area (Å²) < 4.78 is 42.3. The first-order chi connectivity index (χ1) is 16.5. The fraction of sp³-hybridized carbons (Fsp3) is 0.375. The van der Waals surface area contributed by atoms with E-state index in [2.05, 4.69) is 26.4 Å². The maximum absolute atomic E-state index is 14.6. The van der Waals surface area contributed by atoms with E-state index >= 15 is 0 Å². The number of benzene rings is 1. The summed E-state index contributed by atoms with van der Waals surface area (Å²) in [5.74, 6) is -2.44. The van der Waals surface area contributed by atoms with Crippen LogP contribution in [0, 0.1) is 0 Å². The van der Waals surface area contributed by atoms with Crippen molar-refractivity contribution in [3.8, 4) is 17.0 Å². The molecule has 1 aromatic carbocycles. The minimum absolute atomic E-state index is 0.113. The summed E-state index contributed by atoms with van der Waals surface area (Å²) >= 11 is 0. The van der Waals surface area contributed by atoms with Crippen molar-refractivity contribution in [3.63, 3.8) is 0 Å². The predicted molar refractivity (Wildman–Crippen MR) is 123 cm³/mol. The normalized spacial score (nSPS) is 21.0. The van der Waals surface area contributed by atoms with Gasteiger partial charge in [0.25, 0.3) is 5.92 Å². The Morgan fingerprint density at radius 3 is 2.88 bits per heavy atom. The first kappa shape index (κ1) is 21.2. The highest BCUT2D eigenvalue weighted by Crippen LogP contribution is 2.35. The van der Waals surface area contributed by atoms with Gasteiger partial charge in [0.1, 0.15) is 11.6 Å². The Balaban J connectivity index is 1.41. The van der Waals surface area contributed by atoms with E-state index in [4.69, 9.17) is 9.47 Å². The number of nitrogens with zero attached hydrogens (tertiary/aromatic N) is 5. The van der Waals surface area contributed by atoms with E-state index in [0.29, 0.717) is 37.6 Å². The van der Waals surface area contributed by atoms with Gasteiger partial charge in [-0.05, 0) is 43.3 Å². The van der Waals surface area contributed by atoms with Crippen LogP contribution < -0.4 is 10.1 Å². The molecule has 0 bridgehead atoms. The van der Waals surface area contributed by atoms with Crippen LogP contribution in [0.2, 0.25) is 0 Å². The Labute approximate surface area is 194 Å². The van der Waals surface area contributed by atoms with Crippen molar-refractivity contribution in [3.05, 3.63) is 48.8 Å². The van der Waals surface area contributed by atoms with Gasteiger partial charge in [-0.1, -0.05) is 12.1 Å². The summed E-state index contributed by atoms with van der Waals surface area (Å²) in [5.41, 5.74) is 3.43. The van der Waals surface area contributed by atoms with Crippen molar-refractivity contribution in [2.24, 2.45) is 0 Å². The number of ether oxygens (including phenoxy) is 2. The highest BCUT2D eigenvalue weighted by Gasteiger charge is 2.44. The first-order valence-corrected chi connectivity index (χ1v) is 11.3. The average molecular weight is 466 g/mol. The molecule has 0 spiro atoms. The molecule has 1 atom stereocenters. The lowest BCUT2D eigenvalue weighted by molar-refractivity contribution is -0.0809. The Hall–Kier alpha value is -3.37. The van der Waals surface area contributed by atoms with Crippen molar-refractivity contribution in [1.29, 1.82) is 0 Å². The molecule has 34 heavy (non-hydrogen) atoms. The van der Waals surface area contributed by atoms with E-state index in [1.807, 2.05) is 30.3 Å². The van der Waals surface area contributed by atoms with E-state index in [1.54, 1.807) is 28.9 Å². The molecule has 0 unspecified atom stereocenters. The molecular formula is C24H24F2N6O2. The fourth-order valence-electron chi connectivity index (χ4n) is 4.49. The van der Waals surface area contributed by atoms with Crippen LogP contribution in [0.4, 0.5) is 14.7 Å². The second-order valence-electron chi connectivity index (χ2n) is 8.94. The smallest absolute Gasteiger partial charge is 0.280 e. The molecular weight excluding hydrogens is 442 g/mol. The van der Waals surface area contributed by atoms with Crippen molar-refractivity contribution in [2.45, 2.75) is 24.5 Å². The van der Waals surface area contributed by atoms with Crippen LogP contribution in [0.1, 0.15) is 6.42 Å². The number of hydrogen-bond acceptors (Lipinski definition) is 7. The number of likely N-dealkylation sites (tertiary alicyclic amines) is 1. The first-order valence-electron chi connectivity index (χ1n) is 11.3. The summed E-state index contributed by atoms with van der Waals surface area (Å²) in [4.78, 5) is 10.6. The highest BCUT2D eigenvalue weighted by molar-refractivity contribution is 5.90. The highest BCUT2D eigenvalue weighted by atomic mass is 19.3. The maximum Gasteiger partial charge on any atom is 0.280 e. The van der Waals surface area contributed by atoms with Gasteiger partial charge in [0.05, 0.1) is 31.3 Å². The number of fused-ring (bicyclic) bond motifs is 2. The number of rotatable bonds is 5. The second-order valence-corrected chi connectivity index (χ2v) is 8.94. The molecule has 4 aromatic rings. The molecule has 2 aliphatic heterocycles. The molecule has 5 heterocycles. The zero-order valence-corrected chi connectivity index (χ0v) is 18.6. The lowest BCUT2D eigenvalue weighted by atomic mass is 10.0. The number of alkyl halides is 2. The van der Waals surface area contributed by atoms with Gasteiger partial charge >= 0.3 is 0 Å². The van der Waals surface area contributed by atoms with Crippen LogP contribution in [0.5, 0.6) is 5.88 Å². The van der Waals surface area contributed by atoms with Crippen LogP contribution in [0.25, 0.3) is 27.5 Å². The number of anilines is 1. The van der Waals surface area contributed by atoms with E-state index < -0.39 is 12.0 Å². The lowest BCUT2D eigenvalue weighted by Gasteiger charge is -2.36. The van der Waals surface area contributed by atoms with Crippen LogP contribution in [0.3, 0.4) is 0 Å². The van der Waals surface area contributed by atoms with Gasteiger partial charge in [-0.2, -0.15) is 4.98 Å². The van der Waals surface area contributed by atoms with Gasteiger partial charge in [-0.3, -0.25) is 4.98 Å². The van der Waals surface area contributed by atoms with Crippen LogP contribution in [0.15, 0.2) is 48.8 Å². The average Bonchev–Trinajstić information content (AvgIpc) is 3.21. The molecule has 176 valence electrons. The van der Waals surface area contributed by atoms with Gasteiger partial charge in [-0.25, -0.2) is 13.3 Å². The molecule has 2 aliphatic rings. The molecule has 1 N–H and O–H groups in total. The predicted octanol–water partition coefficient (Wildman–Crippen LogP) is 3.47. The Kier molecular flexibility index (Phi) is 5.07. The minimum Gasteiger partial charge on any atom is -0.468 e. The summed E-state index contributed by atoms with van der Waals surface area (Å²) in [6.45, 7) is 1.19. The molecule has 0 amide bonds. The molecule has 2 fully saturated rings. The van der Waals surface area contributed by atoms with Crippen LogP contribution in [-0.2, 0) is 4.74 Å². The lowest BCUT2D eigenvalue weighted by Crippen LogP contribution is -2.53. The van der Waals surface area contributed by atoms with E-state index in [0.717, 1.165) is 22.0 Å². The molecule has 10 heteroatoms. The molecule has 0 aliphatic carbocycles. The fourth-order valence-corrected chi connectivity index (χ4v) is 4.49. The monoisotopic (exact) mass is 466 g/mol. The van der Waals surface area contributed by atoms with Crippen molar-refractivity contribution < 1.29 is 18.3 Å². The quantitative estimate of drug-likeness (QED) is 0.483. The third-order valence-electron chi connectivity index (χ3n) is 6.37. The third-order valence-corrected chi connectivity index (χ3v) is 6.37. The maximum atomic E-state index is 14.6. The number of hydrogen-bond donors (Lipinski definition) is 1. The van der Waals surface area contributed by atoms with Gasteiger partial charge in [0.15, 0.2) is 0 Å². The van der Waals surface area contributed by atoms with E-state index in [1.165, 1.54) is 0 Å². The molecule has 3 aromatic heterocycles. The topological polar surface area (TPSA) is 76.8 Å². The zero-order valence-electron chi connectivity index (χ0n) is 18.6. The van der Waals surface area contributed by atoms with Crippen LogP contribution in [-0.4, -0.2) is 75.9 Å². The Bertz CT molecular complexity index is 1360. The van der Waals surface area contributed by atoms with Crippen molar-refractivity contribution in [2.75, 3.05) is 38.7 Å². The third kappa shape index (κ3) is 3.82. The molecule has 6 rings (SSSR count). The molecule has 2 saturated heterocycles. The summed E-state index contributed by atoms with van der Waals surface area (Å²) in [6, 6.07) is 10.8. The number of piperidine rings is 1. The Morgan fingerprint density at radius 2 is 2.09 bits per heavy atom. The van der Waals surface area contributed by atoms with Crippen molar-refractivity contribution in [1.82, 2.24) is 24.5 Å². The molecule has 0 radical (unpaired) electrons. The van der Waals surface area contributed by atoms with Gasteiger partial charge in [0.2, 0.25) is 11.8 Å². The van der Waals surface area contributed by atoms with Crippen LogP contribution >= 0.6 is 0 Å². The number of aromatic nitrogens is 4. The Morgan fingerprint density at radius 1 is 1.21 bits per heavy atom. The zero-order chi connectivity index (χ0) is 23.3. The second kappa shape index (κ2) is 8.14. The van der Waals surface area contributed by atoms with Gasteiger partial charge in [-0.15, -0.1) is 5.10 Å². The number of pyridine rings is 1. The SMILES string of the molecule is CN1CC[C@@H](Nc2nc(OC3COC3)c3c(-c4ccc5ncccc5c4)ccn3n2)C(F)(F)C1. The van der Waals surface area contributed by atoms with Gasteiger partial charge < -0.3 is 19.7 Å². The van der Waals surface area contributed by atoms with E-state index in [9.17, 15) is 8.78 Å². The standard InChI is InChI=1S/C24H24F2N6O2/c1-31-9-7-20(24(25,26)14-31)28-23-29-22(34-17-12-33-13-17)21-18(6-10-32(21)30-23)15-4-5-19-16(11-15)3-2-8-27-19/h2-6,8,10-11,17,20H,7,9,12-14H2,1H3,(H,28,30)/t20-/m1/s1. The summed E-state index contributed by atoms with van der Waals surface area (Å²) in [7, 11) is 1.70. The number of halogens is 2. The summed E-state index contributed by atoms with van der Waals surface area (Å²) in [5, 5.41) is 8.38. The van der Waals surface area contributed by atoms with Gasteiger partial charge in [0, 0.05) is 29.9 Å².